The first kappa shape index (κ1) is 11.4. The van der Waals surface area contributed by atoms with Gasteiger partial charge in [0.25, 0.3) is 0 Å². The van der Waals surface area contributed by atoms with Gasteiger partial charge in [-0.2, -0.15) is 0 Å². The van der Waals surface area contributed by atoms with Crippen LogP contribution in [0.5, 0.6) is 0 Å². The second-order valence-electron chi connectivity index (χ2n) is 5.77. The monoisotopic (exact) mass is 210 g/mol. The van der Waals surface area contributed by atoms with E-state index >= 15 is 0 Å². The summed E-state index contributed by atoms with van der Waals surface area (Å²) in [6, 6.07) is 0. The fourth-order valence-corrected chi connectivity index (χ4v) is 3.29. The Morgan fingerprint density at radius 2 is 2.33 bits per heavy atom. The number of rotatable bonds is 4. The van der Waals surface area contributed by atoms with Gasteiger partial charge >= 0.3 is 0 Å². The highest BCUT2D eigenvalue weighted by Crippen LogP contribution is 2.25. The Morgan fingerprint density at radius 3 is 3.00 bits per heavy atom. The Morgan fingerprint density at radius 1 is 1.47 bits per heavy atom. The van der Waals surface area contributed by atoms with Crippen LogP contribution in [0.1, 0.15) is 46.0 Å². The molecule has 0 aromatic carbocycles. The van der Waals surface area contributed by atoms with Crippen LogP contribution in [-0.2, 0) is 0 Å². The molecule has 0 radical (unpaired) electrons. The maximum absolute atomic E-state index is 3.67. The van der Waals surface area contributed by atoms with Gasteiger partial charge in [0.15, 0.2) is 0 Å². The molecule has 2 unspecified atom stereocenters. The molecule has 1 N–H and O–H groups in total. The number of nitrogens with one attached hydrogen (secondary N) is 1. The van der Waals surface area contributed by atoms with E-state index in [1.54, 1.807) is 0 Å². The fraction of sp³-hybridized carbons (Fsp3) is 1.00. The largest absolute Gasteiger partial charge is 0.310 e. The first-order chi connectivity index (χ1) is 7.22. The van der Waals surface area contributed by atoms with Gasteiger partial charge in [-0.05, 0) is 51.6 Å². The smallest absolute Gasteiger partial charge is 0.0280 e. The molecule has 2 heterocycles. The SMILES string of the molecule is CCCC1CCN(CC2(C)CCCN2)C1. The van der Waals surface area contributed by atoms with Crippen LogP contribution in [0.3, 0.4) is 0 Å². The van der Waals surface area contributed by atoms with Crippen LogP contribution in [0.25, 0.3) is 0 Å². The number of hydrogen-bond donors (Lipinski definition) is 1. The van der Waals surface area contributed by atoms with E-state index in [9.17, 15) is 0 Å². The third-order valence-electron chi connectivity index (χ3n) is 4.10. The van der Waals surface area contributed by atoms with Crippen LogP contribution in [0.4, 0.5) is 0 Å². The van der Waals surface area contributed by atoms with Crippen molar-refractivity contribution in [3.63, 3.8) is 0 Å². The van der Waals surface area contributed by atoms with Gasteiger partial charge in [0.2, 0.25) is 0 Å². The van der Waals surface area contributed by atoms with Crippen molar-refractivity contribution in [2.75, 3.05) is 26.2 Å². The van der Waals surface area contributed by atoms with Gasteiger partial charge in [-0.15, -0.1) is 0 Å². The third-order valence-corrected chi connectivity index (χ3v) is 4.10. The predicted octanol–water partition coefficient (Wildman–Crippen LogP) is 2.25. The molecule has 2 saturated heterocycles. The Hall–Kier alpha value is -0.0800. The van der Waals surface area contributed by atoms with E-state index in [-0.39, 0.29) is 0 Å². The molecule has 2 aliphatic heterocycles. The summed E-state index contributed by atoms with van der Waals surface area (Å²) in [7, 11) is 0. The summed E-state index contributed by atoms with van der Waals surface area (Å²) in [4.78, 5) is 2.68. The molecule has 0 aliphatic carbocycles. The predicted molar refractivity (Wildman–Crippen MR) is 65.1 cm³/mol. The molecule has 0 aromatic rings. The molecule has 0 amide bonds. The topological polar surface area (TPSA) is 15.3 Å². The zero-order chi connectivity index (χ0) is 10.7. The number of nitrogens with zero attached hydrogens (tertiary/aromatic N) is 1. The van der Waals surface area contributed by atoms with Crippen LogP contribution in [-0.4, -0.2) is 36.6 Å². The second kappa shape index (κ2) is 4.84. The Labute approximate surface area is 94.4 Å². The second-order valence-corrected chi connectivity index (χ2v) is 5.77. The highest BCUT2D eigenvalue weighted by molar-refractivity contribution is 4.93. The molecule has 0 spiro atoms. The van der Waals surface area contributed by atoms with E-state index in [2.05, 4.69) is 24.1 Å². The van der Waals surface area contributed by atoms with Crippen molar-refractivity contribution in [1.29, 1.82) is 0 Å². The Bertz CT molecular complexity index is 197. The van der Waals surface area contributed by atoms with Crippen molar-refractivity contribution in [2.24, 2.45) is 5.92 Å². The van der Waals surface area contributed by atoms with Gasteiger partial charge in [0.05, 0.1) is 0 Å². The lowest BCUT2D eigenvalue weighted by Crippen LogP contribution is -2.46. The van der Waals surface area contributed by atoms with Crippen LogP contribution in [0, 0.1) is 5.92 Å². The van der Waals surface area contributed by atoms with Crippen LogP contribution in [0.2, 0.25) is 0 Å². The maximum Gasteiger partial charge on any atom is 0.0280 e. The zero-order valence-electron chi connectivity index (χ0n) is 10.4. The molecule has 2 rings (SSSR count). The van der Waals surface area contributed by atoms with Crippen molar-refractivity contribution >= 4 is 0 Å². The van der Waals surface area contributed by atoms with Gasteiger partial charge < -0.3 is 10.2 Å². The van der Waals surface area contributed by atoms with Crippen LogP contribution < -0.4 is 5.32 Å². The highest BCUT2D eigenvalue weighted by atomic mass is 15.2. The number of hydrogen-bond acceptors (Lipinski definition) is 2. The molecule has 2 atom stereocenters. The third kappa shape index (κ3) is 2.94. The first-order valence-corrected chi connectivity index (χ1v) is 6.69. The first-order valence-electron chi connectivity index (χ1n) is 6.69. The average Bonchev–Trinajstić information content (AvgIpc) is 2.77. The van der Waals surface area contributed by atoms with Crippen molar-refractivity contribution in [2.45, 2.75) is 51.5 Å². The molecule has 2 fully saturated rings. The zero-order valence-corrected chi connectivity index (χ0v) is 10.4. The lowest BCUT2D eigenvalue weighted by molar-refractivity contribution is 0.232. The molecule has 2 heteroatoms. The standard InChI is InChI=1S/C13H26N2/c1-3-5-12-6-9-15(10-12)11-13(2)7-4-8-14-13/h12,14H,3-11H2,1-2H3. The van der Waals surface area contributed by atoms with Crippen molar-refractivity contribution in [3.05, 3.63) is 0 Å². The molecule has 88 valence electrons. The molecule has 0 aromatic heterocycles. The molecule has 0 bridgehead atoms. The molecule has 2 aliphatic rings. The summed E-state index contributed by atoms with van der Waals surface area (Å²) in [6.45, 7) is 9.89. The van der Waals surface area contributed by atoms with Gasteiger partial charge in [0.1, 0.15) is 0 Å². The van der Waals surface area contributed by atoms with Crippen LogP contribution in [0.15, 0.2) is 0 Å². The Balaban J connectivity index is 1.76. The maximum atomic E-state index is 3.67. The summed E-state index contributed by atoms with van der Waals surface area (Å²) in [6.07, 6.45) is 6.95. The summed E-state index contributed by atoms with van der Waals surface area (Å²) in [5.41, 5.74) is 0.418. The van der Waals surface area contributed by atoms with Gasteiger partial charge in [0, 0.05) is 18.6 Å². The number of likely N-dealkylation sites (tertiary alicyclic amines) is 1. The molecule has 0 saturated carbocycles. The quantitative estimate of drug-likeness (QED) is 0.765. The molecule has 15 heavy (non-hydrogen) atoms. The molecular formula is C13H26N2. The van der Waals surface area contributed by atoms with Gasteiger partial charge in [-0.1, -0.05) is 13.3 Å². The fourth-order valence-electron chi connectivity index (χ4n) is 3.29. The lowest BCUT2D eigenvalue weighted by Gasteiger charge is -2.30. The summed E-state index contributed by atoms with van der Waals surface area (Å²) < 4.78 is 0. The summed E-state index contributed by atoms with van der Waals surface area (Å²) in [5.74, 6) is 0.986. The van der Waals surface area contributed by atoms with Crippen molar-refractivity contribution < 1.29 is 0 Å². The lowest BCUT2D eigenvalue weighted by atomic mass is 9.99. The normalized spacial score (nSPS) is 37.6. The van der Waals surface area contributed by atoms with E-state index in [0.29, 0.717) is 5.54 Å². The summed E-state index contributed by atoms with van der Waals surface area (Å²) >= 11 is 0. The van der Waals surface area contributed by atoms with E-state index in [0.717, 1.165) is 5.92 Å². The molecule has 2 nitrogen and oxygen atoms in total. The van der Waals surface area contributed by atoms with E-state index in [1.165, 1.54) is 58.3 Å². The molecular weight excluding hydrogens is 184 g/mol. The van der Waals surface area contributed by atoms with E-state index in [4.69, 9.17) is 0 Å². The minimum Gasteiger partial charge on any atom is -0.310 e. The minimum atomic E-state index is 0.418. The minimum absolute atomic E-state index is 0.418. The van der Waals surface area contributed by atoms with Crippen molar-refractivity contribution in [3.8, 4) is 0 Å². The van der Waals surface area contributed by atoms with Crippen LogP contribution >= 0.6 is 0 Å². The average molecular weight is 210 g/mol. The summed E-state index contributed by atoms with van der Waals surface area (Å²) in [5, 5.41) is 3.67. The van der Waals surface area contributed by atoms with Gasteiger partial charge in [-0.25, -0.2) is 0 Å². The van der Waals surface area contributed by atoms with E-state index < -0.39 is 0 Å². The Kier molecular flexibility index (Phi) is 3.68. The van der Waals surface area contributed by atoms with Crippen molar-refractivity contribution in [1.82, 2.24) is 10.2 Å². The van der Waals surface area contributed by atoms with E-state index in [1.807, 2.05) is 0 Å². The van der Waals surface area contributed by atoms with Gasteiger partial charge in [-0.3, -0.25) is 0 Å². The highest BCUT2D eigenvalue weighted by Gasteiger charge is 2.32.